The Morgan fingerprint density at radius 3 is 1.42 bits per heavy atom. The zero-order chi connectivity index (χ0) is 37.8. The average Bonchev–Trinajstić information content (AvgIpc) is 4.06. The number of fused-ring (bicyclic) bond motifs is 8. The number of rotatable bonds is 9. The summed E-state index contributed by atoms with van der Waals surface area (Å²) in [6, 6.07) is 11.0. The number of hydrogen-bond donors (Lipinski definition) is 2. The van der Waals surface area contributed by atoms with Crippen molar-refractivity contribution in [2.24, 2.45) is 7.05 Å². The molecule has 2 N–H and O–H groups in total. The molecule has 7 aromatic heterocycles. The summed E-state index contributed by atoms with van der Waals surface area (Å²) < 4.78 is 11.2. The summed E-state index contributed by atoms with van der Waals surface area (Å²) in [4.78, 5) is 28.0. The predicted molar refractivity (Wildman–Crippen MR) is 221 cm³/mol. The lowest BCUT2D eigenvalue weighted by Crippen LogP contribution is -2.33. The van der Waals surface area contributed by atoms with Crippen molar-refractivity contribution < 1.29 is 4.57 Å². The summed E-state index contributed by atoms with van der Waals surface area (Å²) in [6.45, 7) is 14.1. The van der Waals surface area contributed by atoms with E-state index in [1.54, 1.807) is 0 Å². The van der Waals surface area contributed by atoms with Crippen LogP contribution in [0.3, 0.4) is 0 Å². The van der Waals surface area contributed by atoms with E-state index in [-0.39, 0.29) is 0 Å². The van der Waals surface area contributed by atoms with Crippen LogP contribution in [0.5, 0.6) is 0 Å². The van der Waals surface area contributed by atoms with Crippen molar-refractivity contribution in [2.75, 3.05) is 0 Å². The van der Waals surface area contributed by atoms with E-state index in [4.69, 9.17) is 19.9 Å². The van der Waals surface area contributed by atoms with Gasteiger partial charge in [-0.15, -0.1) is 0 Å². The van der Waals surface area contributed by atoms with Crippen LogP contribution in [0, 0.1) is 0 Å². The molecule has 0 aliphatic carbocycles. The number of aromatic amines is 2. The fourth-order valence-corrected chi connectivity index (χ4v) is 8.28. The van der Waals surface area contributed by atoms with Crippen molar-refractivity contribution in [1.29, 1.82) is 0 Å². The minimum atomic E-state index is 0.772. The van der Waals surface area contributed by atoms with Gasteiger partial charge in [0, 0.05) is 81.7 Å². The lowest BCUT2D eigenvalue weighted by Gasteiger charge is -2.11. The second-order valence-electron chi connectivity index (χ2n) is 13.9. The first-order chi connectivity index (χ1) is 27.0. The van der Waals surface area contributed by atoms with Gasteiger partial charge in [-0.1, -0.05) is 6.92 Å². The van der Waals surface area contributed by atoms with Gasteiger partial charge in [0.15, 0.2) is 0 Å². The highest BCUT2D eigenvalue weighted by atomic mass is 15.1. The molecule has 55 heavy (non-hydrogen) atoms. The normalized spacial score (nSPS) is 12.4. The summed E-state index contributed by atoms with van der Waals surface area (Å²) in [5.41, 5.74) is 14.2. The Morgan fingerprint density at radius 1 is 0.509 bits per heavy atom. The number of aromatic nitrogens is 11. The van der Waals surface area contributed by atoms with Crippen molar-refractivity contribution >= 4 is 46.4 Å². The number of aryl methyl sites for hydroxylation is 5. The fraction of sp³-hybridized carbons (Fsp3) is 0.250. The first kappa shape index (κ1) is 34.3. The molecule has 0 saturated heterocycles. The molecule has 276 valence electrons. The van der Waals surface area contributed by atoms with Gasteiger partial charge in [0.1, 0.15) is 30.1 Å². The maximum atomic E-state index is 5.42. The van der Waals surface area contributed by atoms with Crippen LogP contribution in [-0.2, 0) is 39.6 Å². The van der Waals surface area contributed by atoms with E-state index in [0.29, 0.717) is 0 Å². The van der Waals surface area contributed by atoms with E-state index in [0.717, 1.165) is 117 Å². The monoisotopic (exact) mass is 728 g/mol. The van der Waals surface area contributed by atoms with Gasteiger partial charge in [0.2, 0.25) is 11.4 Å². The molecule has 0 atom stereocenters. The second kappa shape index (κ2) is 13.7. The van der Waals surface area contributed by atoms with E-state index in [1.165, 1.54) is 11.3 Å². The molecule has 0 fully saturated rings. The minimum Gasteiger partial charge on any atom is -0.354 e. The van der Waals surface area contributed by atoms with E-state index in [9.17, 15) is 0 Å². The van der Waals surface area contributed by atoms with Crippen LogP contribution < -0.4 is 4.57 Å². The largest absolute Gasteiger partial charge is 0.354 e. The summed E-state index contributed by atoms with van der Waals surface area (Å²) in [5, 5.41) is 0. The molecule has 11 nitrogen and oxygen atoms in total. The maximum Gasteiger partial charge on any atom is 0.218 e. The Labute approximate surface area is 320 Å². The Bertz CT molecular complexity index is 2800. The summed E-state index contributed by atoms with van der Waals surface area (Å²) in [6.07, 6.45) is 23.6. The van der Waals surface area contributed by atoms with E-state index in [1.807, 2.05) is 31.0 Å². The molecule has 2 aliphatic rings. The first-order valence-corrected chi connectivity index (χ1v) is 19.4. The number of nitrogens with zero attached hydrogens (tertiary/aromatic N) is 9. The van der Waals surface area contributed by atoms with Gasteiger partial charge in [0.05, 0.1) is 55.8 Å². The molecule has 9 heterocycles. The number of imidazole rings is 3. The molecular formula is C44H46N11+. The van der Waals surface area contributed by atoms with Gasteiger partial charge < -0.3 is 28.2 Å². The van der Waals surface area contributed by atoms with Crippen molar-refractivity contribution in [1.82, 2.24) is 48.2 Å². The summed E-state index contributed by atoms with van der Waals surface area (Å²) in [5.74, 6) is 2.61. The zero-order valence-electron chi connectivity index (χ0n) is 32.3. The van der Waals surface area contributed by atoms with Crippen LogP contribution in [0.25, 0.3) is 91.8 Å². The number of hydrogen-bond acceptors (Lipinski definition) is 4. The Kier molecular flexibility index (Phi) is 8.56. The average molecular weight is 729 g/mol. The Balaban J connectivity index is 1.53. The summed E-state index contributed by atoms with van der Waals surface area (Å²) >= 11 is 0. The lowest BCUT2D eigenvalue weighted by atomic mass is 10.0. The van der Waals surface area contributed by atoms with Crippen LogP contribution in [0.4, 0.5) is 0 Å². The van der Waals surface area contributed by atoms with Gasteiger partial charge >= 0.3 is 0 Å². The molecule has 11 heteroatoms. The maximum absolute atomic E-state index is 5.42. The molecule has 0 spiro atoms. The molecule has 8 bridgehead atoms. The molecule has 7 aromatic rings. The molecule has 0 radical (unpaired) electrons. The highest BCUT2D eigenvalue weighted by molar-refractivity contribution is 5.97. The van der Waals surface area contributed by atoms with E-state index in [2.05, 4.69) is 141 Å². The topological polar surface area (TPSA) is 107 Å². The standard InChI is InChI=1S/C44H45N11/c1-7-28-20-24-52(8-2)41(28)39-33-16-14-31(49-33)37(42-45-21-25-53(42)9-3)29-12-13-30(48-29)38(43-46-22-26-54(43)10-4)32-15-17-34(50-32)40(36-19-18-35(39)51(36)6)44-47-23-27-55(44)11-5/h12-27H,7-11H2,1-6H3,(H,45,46,47,48,49,50)/p+1. The van der Waals surface area contributed by atoms with E-state index < -0.39 is 0 Å². The molecule has 0 amide bonds. The van der Waals surface area contributed by atoms with Crippen molar-refractivity contribution in [3.63, 3.8) is 0 Å². The quantitative estimate of drug-likeness (QED) is 0.145. The smallest absolute Gasteiger partial charge is 0.218 e. The van der Waals surface area contributed by atoms with Crippen molar-refractivity contribution in [3.8, 4) is 45.4 Å². The van der Waals surface area contributed by atoms with Crippen molar-refractivity contribution in [3.05, 3.63) is 102 Å². The fourth-order valence-electron chi connectivity index (χ4n) is 8.28. The Morgan fingerprint density at radius 2 is 0.945 bits per heavy atom. The predicted octanol–water partition coefficient (Wildman–Crippen LogP) is 8.79. The molecule has 9 rings (SSSR count). The summed E-state index contributed by atoms with van der Waals surface area (Å²) in [7, 11) is 2.17. The van der Waals surface area contributed by atoms with Gasteiger partial charge in [-0.2, -0.15) is 4.57 Å². The highest BCUT2D eigenvalue weighted by Gasteiger charge is 2.29. The number of H-pyrrole nitrogens is 2. The lowest BCUT2D eigenvalue weighted by molar-refractivity contribution is -0.671. The minimum absolute atomic E-state index is 0.772. The Hall–Kier alpha value is -6.49. The highest BCUT2D eigenvalue weighted by Crippen LogP contribution is 2.38. The van der Waals surface area contributed by atoms with Crippen LogP contribution in [0.15, 0.2) is 73.7 Å². The molecule has 0 unspecified atom stereocenters. The molecule has 2 aliphatic heterocycles. The molecule has 0 aromatic carbocycles. The number of nitrogens with one attached hydrogen (secondary N) is 2. The van der Waals surface area contributed by atoms with Gasteiger partial charge in [-0.05, 0) is 82.2 Å². The van der Waals surface area contributed by atoms with Gasteiger partial charge in [-0.3, -0.25) is 0 Å². The third kappa shape index (κ3) is 5.44. The van der Waals surface area contributed by atoms with E-state index >= 15 is 0 Å². The van der Waals surface area contributed by atoms with Crippen LogP contribution in [0.1, 0.15) is 63.0 Å². The third-order valence-electron chi connectivity index (χ3n) is 11.1. The van der Waals surface area contributed by atoms with Crippen LogP contribution in [-0.4, -0.2) is 48.2 Å². The SMILES string of the molecule is CCc1ccn(CC)c1-c1c2[n+](C)c(c(-c3nccn3CC)c3ccc([nH]3)c(-c3nccn3CC)c3nc(c(-c4nccn4CC)c4ccc1[nH]4)C=C3)C=C2. The third-order valence-corrected chi connectivity index (χ3v) is 11.1. The van der Waals surface area contributed by atoms with Gasteiger partial charge in [-0.25, -0.2) is 19.9 Å². The first-order valence-electron chi connectivity index (χ1n) is 19.4. The zero-order valence-corrected chi connectivity index (χ0v) is 32.3. The van der Waals surface area contributed by atoms with Crippen molar-refractivity contribution in [2.45, 2.75) is 67.2 Å². The molecular weight excluding hydrogens is 683 g/mol. The molecule has 0 saturated carbocycles. The van der Waals surface area contributed by atoms with Crippen LogP contribution in [0.2, 0.25) is 0 Å². The van der Waals surface area contributed by atoms with Crippen LogP contribution >= 0.6 is 0 Å². The van der Waals surface area contributed by atoms with Gasteiger partial charge in [0.25, 0.3) is 0 Å². The second-order valence-corrected chi connectivity index (χ2v) is 13.9.